The first-order valence-corrected chi connectivity index (χ1v) is 5.57. The third-order valence-electron chi connectivity index (χ3n) is 2.55. The van der Waals surface area contributed by atoms with Crippen LogP contribution in [-0.2, 0) is 13.1 Å². The van der Waals surface area contributed by atoms with Crippen LogP contribution in [0.2, 0.25) is 0 Å². The van der Waals surface area contributed by atoms with E-state index in [1.54, 1.807) is 6.26 Å². The first-order chi connectivity index (χ1) is 7.13. The summed E-state index contributed by atoms with van der Waals surface area (Å²) < 4.78 is 5.29. The van der Waals surface area contributed by atoms with Crippen LogP contribution in [0.15, 0.2) is 16.7 Å². The molecule has 0 bridgehead atoms. The van der Waals surface area contributed by atoms with Gasteiger partial charge in [0.2, 0.25) is 0 Å². The second-order valence-corrected chi connectivity index (χ2v) is 4.49. The van der Waals surface area contributed by atoms with E-state index in [0.717, 1.165) is 24.8 Å². The van der Waals surface area contributed by atoms with Gasteiger partial charge in [-0.15, -0.1) is 0 Å². The average molecular weight is 210 g/mol. The minimum Gasteiger partial charge on any atom is -0.468 e. The highest BCUT2D eigenvalue weighted by Crippen LogP contribution is 2.12. The van der Waals surface area contributed by atoms with Gasteiger partial charge in [0.25, 0.3) is 0 Å². The molecule has 0 aliphatic heterocycles. The summed E-state index contributed by atoms with van der Waals surface area (Å²) in [5.74, 6) is 1.66. The average Bonchev–Trinajstić information content (AvgIpc) is 2.62. The molecule has 0 atom stereocenters. The van der Waals surface area contributed by atoms with Gasteiger partial charge in [-0.2, -0.15) is 0 Å². The zero-order valence-electron chi connectivity index (χ0n) is 9.99. The minimum atomic E-state index is 0.486. The molecule has 1 rings (SSSR count). The molecular weight excluding hydrogens is 188 g/mol. The van der Waals surface area contributed by atoms with Gasteiger partial charge in [0.15, 0.2) is 0 Å². The molecule has 0 unspecified atom stereocenters. The Morgan fingerprint density at radius 3 is 2.80 bits per heavy atom. The summed E-state index contributed by atoms with van der Waals surface area (Å²) in [6.45, 7) is 7.02. The summed E-state index contributed by atoms with van der Waals surface area (Å²) in [7, 11) is 2.13. The van der Waals surface area contributed by atoms with Crippen LogP contribution in [0, 0.1) is 5.92 Å². The highest BCUT2D eigenvalue weighted by Gasteiger charge is 2.07. The molecule has 1 heterocycles. The van der Waals surface area contributed by atoms with E-state index in [0.29, 0.717) is 6.54 Å². The summed E-state index contributed by atoms with van der Waals surface area (Å²) in [6.07, 6.45) is 2.94. The van der Waals surface area contributed by atoms with E-state index in [2.05, 4.69) is 25.8 Å². The van der Waals surface area contributed by atoms with Crippen molar-refractivity contribution in [3.8, 4) is 0 Å². The van der Waals surface area contributed by atoms with Gasteiger partial charge in [-0.25, -0.2) is 0 Å². The second-order valence-electron chi connectivity index (χ2n) is 4.49. The predicted octanol–water partition coefficient (Wildman–Crippen LogP) is 2.22. The highest BCUT2D eigenvalue weighted by molar-refractivity contribution is 5.16. The lowest BCUT2D eigenvalue weighted by Crippen LogP contribution is -2.20. The smallest absolute Gasteiger partial charge is 0.121 e. The number of hydrogen-bond acceptors (Lipinski definition) is 3. The van der Waals surface area contributed by atoms with Gasteiger partial charge in [-0.1, -0.05) is 13.8 Å². The van der Waals surface area contributed by atoms with E-state index in [1.807, 2.05) is 6.07 Å². The van der Waals surface area contributed by atoms with Crippen molar-refractivity contribution < 1.29 is 4.42 Å². The number of hydrogen-bond donors (Lipinski definition) is 1. The molecule has 0 aliphatic rings. The first-order valence-electron chi connectivity index (χ1n) is 5.57. The molecule has 15 heavy (non-hydrogen) atoms. The molecule has 0 aliphatic carbocycles. The molecule has 0 spiro atoms. The molecule has 3 nitrogen and oxygen atoms in total. The van der Waals surface area contributed by atoms with E-state index < -0.39 is 0 Å². The Hall–Kier alpha value is -0.800. The van der Waals surface area contributed by atoms with Crippen LogP contribution in [0.5, 0.6) is 0 Å². The topological polar surface area (TPSA) is 42.4 Å². The fourth-order valence-electron chi connectivity index (χ4n) is 1.54. The summed E-state index contributed by atoms with van der Waals surface area (Å²) in [5.41, 5.74) is 6.79. The van der Waals surface area contributed by atoms with Crippen molar-refractivity contribution in [3.63, 3.8) is 0 Å². The van der Waals surface area contributed by atoms with Crippen molar-refractivity contribution in [2.24, 2.45) is 11.7 Å². The third-order valence-corrected chi connectivity index (χ3v) is 2.55. The zero-order valence-corrected chi connectivity index (χ0v) is 9.99. The Labute approximate surface area is 92.2 Å². The van der Waals surface area contributed by atoms with Gasteiger partial charge in [-0.05, 0) is 32.0 Å². The van der Waals surface area contributed by atoms with E-state index in [4.69, 9.17) is 10.2 Å². The van der Waals surface area contributed by atoms with Crippen LogP contribution < -0.4 is 5.73 Å². The normalized spacial score (nSPS) is 11.6. The molecule has 1 aromatic rings. The summed E-state index contributed by atoms with van der Waals surface area (Å²) in [4.78, 5) is 2.31. The number of rotatable bonds is 6. The van der Waals surface area contributed by atoms with E-state index in [1.165, 1.54) is 12.0 Å². The van der Waals surface area contributed by atoms with Crippen molar-refractivity contribution in [2.75, 3.05) is 13.6 Å². The predicted molar refractivity (Wildman–Crippen MR) is 62.4 cm³/mol. The number of furan rings is 1. The van der Waals surface area contributed by atoms with Gasteiger partial charge in [0.1, 0.15) is 5.76 Å². The number of nitrogens with zero attached hydrogens (tertiary/aromatic N) is 1. The number of nitrogens with two attached hydrogens (primary N) is 1. The molecule has 86 valence electrons. The maximum Gasteiger partial charge on any atom is 0.121 e. The molecule has 0 radical (unpaired) electrons. The fourth-order valence-corrected chi connectivity index (χ4v) is 1.54. The molecule has 0 saturated carbocycles. The van der Waals surface area contributed by atoms with E-state index in [-0.39, 0.29) is 0 Å². The standard InChI is InChI=1S/C12H22N2O/c1-10(2)4-6-14(3)9-11-5-7-15-12(11)8-13/h5,7,10H,4,6,8-9,13H2,1-3H3. The quantitative estimate of drug-likeness (QED) is 0.783. The van der Waals surface area contributed by atoms with Crippen LogP contribution in [0.3, 0.4) is 0 Å². The van der Waals surface area contributed by atoms with Crippen LogP contribution in [-0.4, -0.2) is 18.5 Å². The lowest BCUT2D eigenvalue weighted by molar-refractivity contribution is 0.301. The largest absolute Gasteiger partial charge is 0.468 e. The fraction of sp³-hybridized carbons (Fsp3) is 0.667. The third kappa shape index (κ3) is 4.06. The minimum absolute atomic E-state index is 0.486. The molecule has 0 fully saturated rings. The van der Waals surface area contributed by atoms with Gasteiger partial charge in [0, 0.05) is 12.1 Å². The molecular formula is C12H22N2O. The van der Waals surface area contributed by atoms with Gasteiger partial charge < -0.3 is 15.1 Å². The van der Waals surface area contributed by atoms with Crippen molar-refractivity contribution in [3.05, 3.63) is 23.7 Å². The van der Waals surface area contributed by atoms with Gasteiger partial charge in [-0.3, -0.25) is 0 Å². The molecule has 0 aromatic carbocycles. The second kappa shape index (κ2) is 5.93. The van der Waals surface area contributed by atoms with Crippen LogP contribution in [0.25, 0.3) is 0 Å². The molecule has 2 N–H and O–H groups in total. The van der Waals surface area contributed by atoms with Crippen molar-refractivity contribution >= 4 is 0 Å². The van der Waals surface area contributed by atoms with Crippen molar-refractivity contribution in [1.29, 1.82) is 0 Å². The molecule has 0 saturated heterocycles. The van der Waals surface area contributed by atoms with Crippen molar-refractivity contribution in [1.82, 2.24) is 4.90 Å². The van der Waals surface area contributed by atoms with Crippen molar-refractivity contribution in [2.45, 2.75) is 33.4 Å². The Kier molecular flexibility index (Phi) is 4.85. The summed E-state index contributed by atoms with van der Waals surface area (Å²) >= 11 is 0. The van der Waals surface area contributed by atoms with Crippen LogP contribution in [0.1, 0.15) is 31.6 Å². The maximum absolute atomic E-state index is 5.58. The lowest BCUT2D eigenvalue weighted by Gasteiger charge is -2.17. The summed E-state index contributed by atoms with van der Waals surface area (Å²) in [5, 5.41) is 0. The van der Waals surface area contributed by atoms with E-state index >= 15 is 0 Å². The Balaban J connectivity index is 2.40. The Bertz CT molecular complexity index is 281. The van der Waals surface area contributed by atoms with Crippen LogP contribution in [0.4, 0.5) is 0 Å². The van der Waals surface area contributed by atoms with Gasteiger partial charge >= 0.3 is 0 Å². The Morgan fingerprint density at radius 2 is 2.20 bits per heavy atom. The maximum atomic E-state index is 5.58. The SMILES string of the molecule is CC(C)CCN(C)Cc1ccoc1CN. The molecule has 0 amide bonds. The Morgan fingerprint density at radius 1 is 1.47 bits per heavy atom. The van der Waals surface area contributed by atoms with Crippen LogP contribution >= 0.6 is 0 Å². The zero-order chi connectivity index (χ0) is 11.3. The molecule has 3 heteroatoms. The lowest BCUT2D eigenvalue weighted by atomic mass is 10.1. The monoisotopic (exact) mass is 210 g/mol. The first kappa shape index (κ1) is 12.3. The molecule has 1 aromatic heterocycles. The van der Waals surface area contributed by atoms with Gasteiger partial charge in [0.05, 0.1) is 12.8 Å². The highest BCUT2D eigenvalue weighted by atomic mass is 16.3. The van der Waals surface area contributed by atoms with E-state index in [9.17, 15) is 0 Å². The summed E-state index contributed by atoms with van der Waals surface area (Å²) in [6, 6.07) is 2.01.